The SMILES string of the molecule is CCCC(C)COc1ccc(C(CNC(=O)C2CCCN2)NC(=O)C(C)c2ccccc2)cc1. The zero-order chi connectivity index (χ0) is 24.3. The van der Waals surface area contributed by atoms with E-state index >= 15 is 0 Å². The Hall–Kier alpha value is -2.86. The number of ether oxygens (including phenoxy) is 1. The Bertz CT molecular complexity index is 895. The van der Waals surface area contributed by atoms with E-state index in [0.29, 0.717) is 19.1 Å². The van der Waals surface area contributed by atoms with Gasteiger partial charge in [0.25, 0.3) is 0 Å². The van der Waals surface area contributed by atoms with Gasteiger partial charge in [-0.2, -0.15) is 0 Å². The molecule has 2 aromatic rings. The van der Waals surface area contributed by atoms with Crippen molar-refractivity contribution in [1.29, 1.82) is 0 Å². The lowest BCUT2D eigenvalue weighted by atomic mass is 9.99. The van der Waals surface area contributed by atoms with E-state index in [4.69, 9.17) is 4.74 Å². The number of carbonyl (C=O) groups excluding carboxylic acids is 2. The van der Waals surface area contributed by atoms with Crippen molar-refractivity contribution in [3.8, 4) is 5.75 Å². The summed E-state index contributed by atoms with van der Waals surface area (Å²) in [4.78, 5) is 25.6. The minimum absolute atomic E-state index is 0.0160. The molecule has 1 saturated heterocycles. The van der Waals surface area contributed by atoms with Crippen molar-refractivity contribution in [1.82, 2.24) is 16.0 Å². The van der Waals surface area contributed by atoms with Crippen LogP contribution in [0.15, 0.2) is 54.6 Å². The molecule has 6 nitrogen and oxygen atoms in total. The predicted molar refractivity (Wildman–Crippen MR) is 136 cm³/mol. The number of benzene rings is 2. The van der Waals surface area contributed by atoms with Crippen LogP contribution in [0.5, 0.6) is 5.75 Å². The largest absolute Gasteiger partial charge is 0.493 e. The van der Waals surface area contributed by atoms with Crippen molar-refractivity contribution >= 4 is 11.8 Å². The number of amides is 2. The molecule has 184 valence electrons. The van der Waals surface area contributed by atoms with Gasteiger partial charge in [0.1, 0.15) is 5.75 Å². The van der Waals surface area contributed by atoms with E-state index in [-0.39, 0.29) is 29.8 Å². The first-order valence-electron chi connectivity index (χ1n) is 12.6. The van der Waals surface area contributed by atoms with Gasteiger partial charge >= 0.3 is 0 Å². The van der Waals surface area contributed by atoms with Crippen molar-refractivity contribution in [2.45, 2.75) is 64.5 Å². The maximum absolute atomic E-state index is 13.1. The van der Waals surface area contributed by atoms with Crippen LogP contribution in [0.2, 0.25) is 0 Å². The van der Waals surface area contributed by atoms with Gasteiger partial charge in [0.05, 0.1) is 24.6 Å². The van der Waals surface area contributed by atoms with E-state index in [2.05, 4.69) is 29.8 Å². The third-order valence-electron chi connectivity index (χ3n) is 6.47. The lowest BCUT2D eigenvalue weighted by molar-refractivity contribution is -0.125. The molecule has 0 bridgehead atoms. The highest BCUT2D eigenvalue weighted by molar-refractivity contribution is 5.84. The lowest BCUT2D eigenvalue weighted by Crippen LogP contribution is -2.45. The van der Waals surface area contributed by atoms with Gasteiger partial charge in [0.2, 0.25) is 11.8 Å². The Morgan fingerprint density at radius 3 is 2.44 bits per heavy atom. The van der Waals surface area contributed by atoms with E-state index in [1.807, 2.05) is 61.5 Å². The highest BCUT2D eigenvalue weighted by Gasteiger charge is 2.25. The summed E-state index contributed by atoms with van der Waals surface area (Å²) < 4.78 is 5.93. The van der Waals surface area contributed by atoms with E-state index in [0.717, 1.165) is 49.1 Å². The Morgan fingerprint density at radius 1 is 1.06 bits per heavy atom. The summed E-state index contributed by atoms with van der Waals surface area (Å²) in [6.45, 7) is 8.16. The number of hydrogen-bond donors (Lipinski definition) is 3. The highest BCUT2D eigenvalue weighted by Crippen LogP contribution is 2.21. The second-order valence-corrected chi connectivity index (χ2v) is 9.36. The number of rotatable bonds is 12. The van der Waals surface area contributed by atoms with Gasteiger partial charge in [-0.1, -0.05) is 62.7 Å². The zero-order valence-electron chi connectivity index (χ0n) is 20.7. The van der Waals surface area contributed by atoms with Crippen LogP contribution in [0.1, 0.15) is 69.5 Å². The topological polar surface area (TPSA) is 79.5 Å². The molecular weight excluding hydrogens is 426 g/mol. The van der Waals surface area contributed by atoms with Crippen LogP contribution < -0.4 is 20.7 Å². The molecule has 2 aromatic carbocycles. The normalized spacial score (nSPS) is 18.0. The molecule has 0 radical (unpaired) electrons. The molecule has 1 aliphatic heterocycles. The van der Waals surface area contributed by atoms with Crippen LogP contribution in [-0.2, 0) is 9.59 Å². The van der Waals surface area contributed by atoms with E-state index < -0.39 is 0 Å². The van der Waals surface area contributed by atoms with Crippen LogP contribution in [0.4, 0.5) is 0 Å². The molecule has 4 unspecified atom stereocenters. The van der Waals surface area contributed by atoms with Crippen LogP contribution in [0.3, 0.4) is 0 Å². The first kappa shape index (κ1) is 25.8. The summed E-state index contributed by atoms with van der Waals surface area (Å²) in [7, 11) is 0. The second kappa shape index (κ2) is 13.1. The maximum Gasteiger partial charge on any atom is 0.237 e. The van der Waals surface area contributed by atoms with Gasteiger partial charge in [-0.25, -0.2) is 0 Å². The van der Waals surface area contributed by atoms with E-state index in [9.17, 15) is 9.59 Å². The maximum atomic E-state index is 13.1. The third kappa shape index (κ3) is 7.59. The molecule has 0 aliphatic carbocycles. The second-order valence-electron chi connectivity index (χ2n) is 9.36. The average molecular weight is 466 g/mol. The van der Waals surface area contributed by atoms with Crippen LogP contribution in [0.25, 0.3) is 0 Å². The van der Waals surface area contributed by atoms with Crippen molar-refractivity contribution in [2.75, 3.05) is 19.7 Å². The molecule has 0 saturated carbocycles. The minimum Gasteiger partial charge on any atom is -0.493 e. The Labute approximate surface area is 203 Å². The Balaban J connectivity index is 1.67. The van der Waals surface area contributed by atoms with E-state index in [1.54, 1.807) is 0 Å². The van der Waals surface area contributed by atoms with Crippen LogP contribution in [-0.4, -0.2) is 37.6 Å². The molecule has 4 atom stereocenters. The number of hydrogen-bond acceptors (Lipinski definition) is 4. The molecule has 3 rings (SSSR count). The van der Waals surface area contributed by atoms with Gasteiger partial charge in [0.15, 0.2) is 0 Å². The quantitative estimate of drug-likeness (QED) is 0.436. The van der Waals surface area contributed by atoms with Crippen LogP contribution >= 0.6 is 0 Å². The molecule has 2 amide bonds. The van der Waals surface area contributed by atoms with Gasteiger partial charge in [-0.05, 0) is 61.9 Å². The average Bonchev–Trinajstić information content (AvgIpc) is 3.41. The summed E-state index contributed by atoms with van der Waals surface area (Å²) in [5.74, 6) is 0.943. The first-order chi connectivity index (χ1) is 16.5. The smallest absolute Gasteiger partial charge is 0.237 e. The van der Waals surface area contributed by atoms with Crippen molar-refractivity contribution in [3.63, 3.8) is 0 Å². The van der Waals surface area contributed by atoms with Gasteiger partial charge in [-0.3, -0.25) is 9.59 Å². The summed E-state index contributed by atoms with van der Waals surface area (Å²) in [6, 6.07) is 17.1. The van der Waals surface area contributed by atoms with Gasteiger partial charge < -0.3 is 20.7 Å². The lowest BCUT2D eigenvalue weighted by Gasteiger charge is -2.23. The molecule has 1 aliphatic rings. The molecule has 0 aromatic heterocycles. The predicted octanol–water partition coefficient (Wildman–Crippen LogP) is 4.33. The van der Waals surface area contributed by atoms with Crippen molar-refractivity contribution < 1.29 is 14.3 Å². The fourth-order valence-electron chi connectivity index (χ4n) is 4.29. The fourth-order valence-corrected chi connectivity index (χ4v) is 4.29. The number of nitrogens with one attached hydrogen (secondary N) is 3. The zero-order valence-corrected chi connectivity index (χ0v) is 20.7. The minimum atomic E-state index is -0.336. The summed E-state index contributed by atoms with van der Waals surface area (Å²) in [5.41, 5.74) is 1.89. The molecular formula is C28H39N3O3. The Morgan fingerprint density at radius 2 is 1.79 bits per heavy atom. The highest BCUT2D eigenvalue weighted by atomic mass is 16.5. The Kier molecular flexibility index (Phi) is 9.95. The fraction of sp³-hybridized carbons (Fsp3) is 0.500. The summed E-state index contributed by atoms with van der Waals surface area (Å²) in [6.07, 6.45) is 4.14. The molecule has 34 heavy (non-hydrogen) atoms. The third-order valence-corrected chi connectivity index (χ3v) is 6.47. The van der Waals surface area contributed by atoms with Crippen molar-refractivity contribution in [3.05, 3.63) is 65.7 Å². The monoisotopic (exact) mass is 465 g/mol. The van der Waals surface area contributed by atoms with Gasteiger partial charge in [0, 0.05) is 6.54 Å². The summed E-state index contributed by atoms with van der Waals surface area (Å²) in [5, 5.41) is 9.40. The molecule has 3 N–H and O–H groups in total. The molecule has 6 heteroatoms. The van der Waals surface area contributed by atoms with Crippen molar-refractivity contribution in [2.24, 2.45) is 5.92 Å². The molecule has 1 fully saturated rings. The van der Waals surface area contributed by atoms with E-state index in [1.165, 1.54) is 0 Å². The molecule has 0 spiro atoms. The number of carbonyl (C=O) groups is 2. The first-order valence-corrected chi connectivity index (χ1v) is 12.6. The van der Waals surface area contributed by atoms with Gasteiger partial charge in [-0.15, -0.1) is 0 Å². The molecule has 1 heterocycles. The summed E-state index contributed by atoms with van der Waals surface area (Å²) >= 11 is 0. The standard InChI is InChI=1S/C28H39N3O3/c1-4-9-20(2)19-34-24-15-13-23(14-16-24)26(18-30-28(33)25-12-8-17-29-25)31-27(32)21(3)22-10-6-5-7-11-22/h5-7,10-11,13-16,20-21,25-26,29H,4,8-9,12,17-19H2,1-3H3,(H,30,33)(H,31,32). The van der Waals surface area contributed by atoms with Crippen LogP contribution in [0, 0.1) is 5.92 Å².